The summed E-state index contributed by atoms with van der Waals surface area (Å²) >= 11 is 0. The number of carbonyl (C=O) groups is 1. The Balaban J connectivity index is 3.63. The first-order chi connectivity index (χ1) is 4.16. The van der Waals surface area contributed by atoms with Crippen LogP contribution in [0.4, 0.5) is 0 Å². The van der Waals surface area contributed by atoms with Crippen LogP contribution in [-0.4, -0.2) is 22.5 Å². The highest BCUT2D eigenvalue weighted by molar-refractivity contribution is 8.03. The third-order valence-corrected chi connectivity index (χ3v) is 3.41. The van der Waals surface area contributed by atoms with Crippen LogP contribution in [0.3, 0.4) is 0 Å². The van der Waals surface area contributed by atoms with Crippen molar-refractivity contribution < 1.29 is 13.2 Å². The monoisotopic (exact) mass is 164 g/mol. The van der Waals surface area contributed by atoms with Crippen molar-refractivity contribution in [1.29, 1.82) is 0 Å². The molecule has 0 aromatic heterocycles. The number of rotatable bonds is 4. The van der Waals surface area contributed by atoms with Gasteiger partial charge in [0.05, 0.1) is 0 Å². The standard InChI is InChI=1S/C4H8O3SSi/c1-2-3-4(5)9-8(6)7/h2,8H,1,3,9H2. The van der Waals surface area contributed by atoms with Crippen molar-refractivity contribution in [3.8, 4) is 0 Å². The minimum atomic E-state index is -2.41. The van der Waals surface area contributed by atoms with Gasteiger partial charge in [-0.15, -0.1) is 6.58 Å². The first-order valence-electron chi connectivity index (χ1n) is 2.41. The van der Waals surface area contributed by atoms with Crippen LogP contribution in [0.5, 0.6) is 0 Å². The molecule has 0 fully saturated rings. The van der Waals surface area contributed by atoms with E-state index in [9.17, 15) is 13.2 Å². The summed E-state index contributed by atoms with van der Waals surface area (Å²) in [6, 6.07) is 0. The minimum absolute atomic E-state index is 0.166. The second-order valence-corrected chi connectivity index (χ2v) is 5.79. The van der Waals surface area contributed by atoms with Crippen molar-refractivity contribution in [3.63, 3.8) is 0 Å². The van der Waals surface area contributed by atoms with Crippen LogP contribution in [-0.2, 0) is 14.9 Å². The Hall–Kier alpha value is -0.423. The lowest BCUT2D eigenvalue weighted by Gasteiger charge is -1.83. The molecule has 0 saturated carbocycles. The summed E-state index contributed by atoms with van der Waals surface area (Å²) in [5, 5.41) is -0.166. The fraction of sp³-hybridized carbons (Fsp3) is 0.250. The van der Waals surface area contributed by atoms with Gasteiger partial charge in [0.25, 0.3) is 0 Å². The van der Waals surface area contributed by atoms with Gasteiger partial charge in [-0.2, -0.15) is 0 Å². The van der Waals surface area contributed by atoms with Gasteiger partial charge in [0, 0.05) is 6.42 Å². The number of carbonyl (C=O) groups excluding carboxylic acids is 1. The highest BCUT2D eigenvalue weighted by atomic mass is 32.4. The molecule has 0 amide bonds. The first kappa shape index (κ1) is 8.58. The molecule has 9 heavy (non-hydrogen) atoms. The van der Waals surface area contributed by atoms with E-state index in [-0.39, 0.29) is 11.8 Å². The van der Waals surface area contributed by atoms with E-state index >= 15 is 0 Å². The zero-order valence-electron chi connectivity index (χ0n) is 4.87. The molecule has 0 aromatic carbocycles. The summed E-state index contributed by atoms with van der Waals surface area (Å²) in [4.78, 5) is 10.5. The fourth-order valence-corrected chi connectivity index (χ4v) is 2.24. The van der Waals surface area contributed by atoms with E-state index in [2.05, 4.69) is 6.58 Å². The summed E-state index contributed by atoms with van der Waals surface area (Å²) in [7, 11) is -3.91. The highest BCUT2D eigenvalue weighted by Crippen LogP contribution is 1.80. The van der Waals surface area contributed by atoms with Crippen LogP contribution in [0.2, 0.25) is 0 Å². The molecule has 52 valence electrons. The lowest BCUT2D eigenvalue weighted by Crippen LogP contribution is -2.08. The predicted octanol–water partition coefficient (Wildman–Crippen LogP) is -1.22. The van der Waals surface area contributed by atoms with E-state index in [1.165, 1.54) is 6.08 Å². The predicted molar refractivity (Wildman–Crippen MR) is 38.7 cm³/mol. The van der Waals surface area contributed by atoms with Gasteiger partial charge in [-0.25, -0.2) is 8.42 Å². The quantitative estimate of drug-likeness (QED) is 0.322. The molecule has 3 nitrogen and oxygen atoms in total. The molecule has 0 aromatic rings. The highest BCUT2D eigenvalue weighted by Gasteiger charge is 1.99. The number of allylic oxidation sites excluding steroid dienone is 1. The van der Waals surface area contributed by atoms with Gasteiger partial charge in [0.15, 0.2) is 0 Å². The lowest BCUT2D eigenvalue weighted by molar-refractivity contribution is -0.111. The second-order valence-electron chi connectivity index (χ2n) is 1.52. The van der Waals surface area contributed by atoms with E-state index in [4.69, 9.17) is 0 Å². The lowest BCUT2D eigenvalue weighted by atomic mass is 10.5. The maximum absolute atomic E-state index is 10.5. The zero-order chi connectivity index (χ0) is 7.28. The third kappa shape index (κ3) is 5.45. The van der Waals surface area contributed by atoms with Crippen molar-refractivity contribution in [1.82, 2.24) is 0 Å². The Bertz CT molecular complexity index is 176. The van der Waals surface area contributed by atoms with Gasteiger partial charge in [0.1, 0.15) is 15.6 Å². The third-order valence-electron chi connectivity index (χ3n) is 0.677. The summed E-state index contributed by atoms with van der Waals surface area (Å²) in [5.41, 5.74) is 0. The van der Waals surface area contributed by atoms with Crippen LogP contribution in [0, 0.1) is 0 Å². The molecule has 0 heterocycles. The molecule has 0 spiro atoms. The average Bonchev–Trinajstić information content (AvgIpc) is 1.63. The average molecular weight is 164 g/mol. The van der Waals surface area contributed by atoms with Crippen molar-refractivity contribution in [2.45, 2.75) is 6.42 Å². The van der Waals surface area contributed by atoms with Crippen molar-refractivity contribution in [3.05, 3.63) is 12.7 Å². The van der Waals surface area contributed by atoms with Gasteiger partial charge in [-0.05, 0) is 0 Å². The number of hydrogen-bond donors (Lipinski definition) is 1. The molecule has 0 bridgehead atoms. The smallest absolute Gasteiger partial charge is 0.236 e. The molecule has 0 aliphatic heterocycles. The van der Waals surface area contributed by atoms with Crippen LogP contribution in [0.15, 0.2) is 12.7 Å². The molecular formula is C4H8O3SSi. The Labute approximate surface area is 57.2 Å². The first-order valence-corrected chi connectivity index (χ1v) is 6.38. The molecular weight excluding hydrogens is 156 g/mol. The summed E-state index contributed by atoms with van der Waals surface area (Å²) in [5.74, 6) is 0. The molecule has 0 aliphatic carbocycles. The van der Waals surface area contributed by atoms with Gasteiger partial charge < -0.3 is 4.79 Å². The summed E-state index contributed by atoms with van der Waals surface area (Å²) in [6.45, 7) is 3.31. The molecule has 0 rings (SSSR count). The molecule has 0 unspecified atom stereocenters. The Morgan fingerprint density at radius 3 is 2.56 bits per heavy atom. The number of hydrogen-bond acceptors (Lipinski definition) is 3. The molecule has 0 saturated heterocycles. The van der Waals surface area contributed by atoms with Crippen molar-refractivity contribution in [2.75, 3.05) is 0 Å². The van der Waals surface area contributed by atoms with Crippen LogP contribution >= 0.6 is 0 Å². The Morgan fingerprint density at radius 1 is 1.67 bits per heavy atom. The molecule has 0 N–H and O–H groups in total. The summed E-state index contributed by atoms with van der Waals surface area (Å²) < 4.78 is 19.9. The van der Waals surface area contributed by atoms with Gasteiger partial charge in [-0.1, -0.05) is 6.08 Å². The van der Waals surface area contributed by atoms with E-state index in [1.54, 1.807) is 0 Å². The molecule has 0 radical (unpaired) electrons. The van der Waals surface area contributed by atoms with E-state index < -0.39 is 18.8 Å². The maximum atomic E-state index is 10.5. The molecule has 5 heteroatoms. The van der Waals surface area contributed by atoms with Gasteiger partial charge in [-0.3, -0.25) is 0 Å². The van der Waals surface area contributed by atoms with E-state index in [1.807, 2.05) is 0 Å². The Morgan fingerprint density at radius 2 is 2.22 bits per heavy atom. The normalized spacial score (nSPS) is 10.8. The van der Waals surface area contributed by atoms with E-state index in [0.717, 1.165) is 0 Å². The largest absolute Gasteiger partial charge is 0.304 e. The van der Waals surface area contributed by atoms with Gasteiger partial charge >= 0.3 is 0 Å². The Kier molecular flexibility index (Phi) is 4.25. The fourth-order valence-electron chi connectivity index (χ4n) is 0.370. The topological polar surface area (TPSA) is 51.2 Å². The molecule has 0 aliphatic rings. The molecule has 0 atom stereocenters. The van der Waals surface area contributed by atoms with Crippen LogP contribution < -0.4 is 0 Å². The zero-order valence-corrected chi connectivity index (χ0v) is 7.18. The number of thiol groups is 1. The SMILES string of the molecule is C=CCC(=O)[SiH2][SH](=O)=O. The second kappa shape index (κ2) is 4.46. The maximum Gasteiger partial charge on any atom is 0.236 e. The van der Waals surface area contributed by atoms with Crippen LogP contribution in [0.1, 0.15) is 6.42 Å². The summed E-state index contributed by atoms with van der Waals surface area (Å²) in [6.07, 6.45) is 1.63. The van der Waals surface area contributed by atoms with Crippen molar-refractivity contribution >= 4 is 24.2 Å². The van der Waals surface area contributed by atoms with Gasteiger partial charge in [0.2, 0.25) is 8.67 Å². The minimum Gasteiger partial charge on any atom is -0.304 e. The van der Waals surface area contributed by atoms with Crippen molar-refractivity contribution in [2.24, 2.45) is 0 Å². The van der Waals surface area contributed by atoms with Crippen LogP contribution in [0.25, 0.3) is 0 Å². The van der Waals surface area contributed by atoms with E-state index in [0.29, 0.717) is 0 Å².